The van der Waals surface area contributed by atoms with E-state index in [1.54, 1.807) is 16.9 Å². The van der Waals surface area contributed by atoms with Crippen molar-refractivity contribution in [1.82, 2.24) is 15.1 Å². The topological polar surface area (TPSA) is 79.2 Å². The third-order valence-electron chi connectivity index (χ3n) is 4.27. The predicted molar refractivity (Wildman–Crippen MR) is 88.7 cm³/mol. The number of carbonyl (C=O) groups is 1. The van der Waals surface area contributed by atoms with Gasteiger partial charge in [-0.2, -0.15) is 5.10 Å². The van der Waals surface area contributed by atoms with E-state index in [-0.39, 0.29) is 12.1 Å². The zero-order valence-corrected chi connectivity index (χ0v) is 13.2. The van der Waals surface area contributed by atoms with Crippen LogP contribution < -0.4 is 10.6 Å². The monoisotopic (exact) mass is 314 g/mol. The molecule has 1 aromatic carbocycles. The second-order valence-corrected chi connectivity index (χ2v) is 5.97. The van der Waals surface area contributed by atoms with Crippen molar-refractivity contribution >= 4 is 11.8 Å². The molecular weight excluding hydrogens is 292 g/mol. The van der Waals surface area contributed by atoms with E-state index < -0.39 is 6.10 Å². The number of aryl methyl sites for hydroxylation is 1. The van der Waals surface area contributed by atoms with Gasteiger partial charge < -0.3 is 10.4 Å². The van der Waals surface area contributed by atoms with Crippen molar-refractivity contribution in [3.8, 4) is 5.69 Å². The normalized spacial score (nSPS) is 21.0. The highest BCUT2D eigenvalue weighted by molar-refractivity contribution is 5.88. The van der Waals surface area contributed by atoms with Crippen LogP contribution in [0.3, 0.4) is 0 Å². The van der Waals surface area contributed by atoms with Gasteiger partial charge in [-0.3, -0.25) is 5.32 Å². The molecule has 1 fully saturated rings. The lowest BCUT2D eigenvalue weighted by Crippen LogP contribution is -2.46. The Morgan fingerprint density at radius 1 is 1.26 bits per heavy atom. The number of nitrogens with zero attached hydrogens (tertiary/aromatic N) is 2. The molecule has 122 valence electrons. The number of amides is 2. The summed E-state index contributed by atoms with van der Waals surface area (Å²) in [7, 11) is 0. The minimum absolute atomic E-state index is 0.182. The molecule has 6 nitrogen and oxygen atoms in total. The summed E-state index contributed by atoms with van der Waals surface area (Å²) in [5.74, 6) is 0.599. The number of benzene rings is 1. The van der Waals surface area contributed by atoms with Crippen molar-refractivity contribution in [3.05, 3.63) is 42.1 Å². The lowest BCUT2D eigenvalue weighted by molar-refractivity contribution is 0.0955. The summed E-state index contributed by atoms with van der Waals surface area (Å²) in [5, 5.41) is 19.9. The summed E-state index contributed by atoms with van der Waals surface area (Å²) in [5.41, 5.74) is 1.99. The van der Waals surface area contributed by atoms with E-state index in [0.717, 1.165) is 36.9 Å². The fraction of sp³-hybridized carbons (Fsp3) is 0.412. The van der Waals surface area contributed by atoms with Gasteiger partial charge in [0.15, 0.2) is 0 Å². The Bertz CT molecular complexity index is 683. The Labute approximate surface area is 135 Å². The van der Waals surface area contributed by atoms with Crippen molar-refractivity contribution in [2.24, 2.45) is 0 Å². The average Bonchev–Trinajstić information content (AvgIpc) is 2.98. The molecule has 23 heavy (non-hydrogen) atoms. The van der Waals surface area contributed by atoms with Crippen LogP contribution >= 0.6 is 0 Å². The first-order valence-corrected chi connectivity index (χ1v) is 8.01. The molecule has 1 aliphatic carbocycles. The Balaban J connectivity index is 1.70. The Morgan fingerprint density at radius 2 is 2.04 bits per heavy atom. The highest BCUT2D eigenvalue weighted by Crippen LogP contribution is 2.20. The maximum Gasteiger partial charge on any atom is 0.320 e. The zero-order chi connectivity index (χ0) is 16.2. The van der Waals surface area contributed by atoms with E-state index in [0.29, 0.717) is 5.82 Å². The number of hydrogen-bond donors (Lipinski definition) is 3. The van der Waals surface area contributed by atoms with Crippen molar-refractivity contribution in [1.29, 1.82) is 0 Å². The molecule has 0 aliphatic heterocycles. The third-order valence-corrected chi connectivity index (χ3v) is 4.27. The van der Waals surface area contributed by atoms with Crippen LogP contribution in [0, 0.1) is 6.92 Å². The first-order valence-electron chi connectivity index (χ1n) is 8.01. The summed E-state index contributed by atoms with van der Waals surface area (Å²) in [4.78, 5) is 12.2. The fourth-order valence-corrected chi connectivity index (χ4v) is 2.99. The molecule has 2 aromatic rings. The molecule has 3 N–H and O–H groups in total. The molecular formula is C17H22N4O2. The number of carbonyl (C=O) groups excluding carboxylic acids is 1. The summed E-state index contributed by atoms with van der Waals surface area (Å²) in [6.07, 6.45) is 4.79. The van der Waals surface area contributed by atoms with E-state index in [1.165, 1.54) is 0 Å². The SMILES string of the molecule is Cc1ccccc1-n1nccc1NC(=O)N[C@@H]1CCCC[C@@H]1O. The number of hydrogen-bond acceptors (Lipinski definition) is 3. The zero-order valence-electron chi connectivity index (χ0n) is 13.2. The van der Waals surface area contributed by atoms with E-state index in [2.05, 4.69) is 15.7 Å². The summed E-state index contributed by atoms with van der Waals surface area (Å²) < 4.78 is 1.70. The molecule has 6 heteroatoms. The van der Waals surface area contributed by atoms with Crippen LogP contribution in [0.1, 0.15) is 31.2 Å². The van der Waals surface area contributed by atoms with Crippen LogP contribution in [0.4, 0.5) is 10.6 Å². The van der Waals surface area contributed by atoms with Gasteiger partial charge in [0.2, 0.25) is 0 Å². The predicted octanol–water partition coefficient (Wildman–Crippen LogP) is 2.61. The first kappa shape index (κ1) is 15.6. The highest BCUT2D eigenvalue weighted by Gasteiger charge is 2.24. The standard InChI is InChI=1S/C17H22N4O2/c1-12-6-2-4-8-14(12)21-16(10-11-18-21)20-17(23)19-13-7-3-5-9-15(13)22/h2,4,6,8,10-11,13,15,22H,3,5,7,9H2,1H3,(H2,19,20,23)/t13-,15+/m1/s1. The molecule has 0 spiro atoms. The van der Waals surface area contributed by atoms with Crippen LogP contribution in [0.5, 0.6) is 0 Å². The number of aliphatic hydroxyl groups is 1. The Morgan fingerprint density at radius 3 is 2.83 bits per heavy atom. The van der Waals surface area contributed by atoms with Gasteiger partial charge in [0.1, 0.15) is 5.82 Å². The quantitative estimate of drug-likeness (QED) is 0.815. The molecule has 0 bridgehead atoms. The maximum atomic E-state index is 12.2. The van der Waals surface area contributed by atoms with Crippen molar-refractivity contribution in [3.63, 3.8) is 0 Å². The number of rotatable bonds is 3. The van der Waals surface area contributed by atoms with Crippen molar-refractivity contribution in [2.45, 2.75) is 44.8 Å². The van der Waals surface area contributed by atoms with Gasteiger partial charge in [-0.1, -0.05) is 31.0 Å². The smallest absolute Gasteiger partial charge is 0.320 e. The molecule has 1 aliphatic rings. The number of aliphatic hydroxyl groups excluding tert-OH is 1. The number of anilines is 1. The van der Waals surface area contributed by atoms with Gasteiger partial charge in [0, 0.05) is 6.07 Å². The van der Waals surface area contributed by atoms with E-state index >= 15 is 0 Å². The number of urea groups is 1. The van der Waals surface area contributed by atoms with E-state index in [1.807, 2.05) is 31.2 Å². The number of para-hydroxylation sites is 1. The van der Waals surface area contributed by atoms with Crippen LogP contribution in [-0.2, 0) is 0 Å². The van der Waals surface area contributed by atoms with Gasteiger partial charge in [0.25, 0.3) is 0 Å². The summed E-state index contributed by atoms with van der Waals surface area (Å²) >= 11 is 0. The van der Waals surface area contributed by atoms with E-state index in [9.17, 15) is 9.90 Å². The molecule has 1 heterocycles. The third kappa shape index (κ3) is 3.53. The van der Waals surface area contributed by atoms with Crippen molar-refractivity contribution in [2.75, 3.05) is 5.32 Å². The number of nitrogens with one attached hydrogen (secondary N) is 2. The van der Waals surface area contributed by atoms with Gasteiger partial charge >= 0.3 is 6.03 Å². The minimum atomic E-state index is -0.462. The lowest BCUT2D eigenvalue weighted by atomic mass is 9.93. The summed E-state index contributed by atoms with van der Waals surface area (Å²) in [6, 6.07) is 9.11. The van der Waals surface area contributed by atoms with Crippen molar-refractivity contribution < 1.29 is 9.90 Å². The van der Waals surface area contributed by atoms with Gasteiger partial charge in [-0.15, -0.1) is 0 Å². The Kier molecular flexibility index (Phi) is 4.62. The minimum Gasteiger partial charge on any atom is -0.391 e. The fourth-order valence-electron chi connectivity index (χ4n) is 2.99. The summed E-state index contributed by atoms with van der Waals surface area (Å²) in [6.45, 7) is 2.00. The molecule has 1 saturated carbocycles. The van der Waals surface area contributed by atoms with Gasteiger partial charge in [0.05, 0.1) is 24.0 Å². The van der Waals surface area contributed by atoms with Gasteiger partial charge in [-0.25, -0.2) is 9.48 Å². The number of aromatic nitrogens is 2. The van der Waals surface area contributed by atoms with Crippen LogP contribution in [0.25, 0.3) is 5.69 Å². The molecule has 0 radical (unpaired) electrons. The first-order chi connectivity index (χ1) is 11.1. The second kappa shape index (κ2) is 6.83. The average molecular weight is 314 g/mol. The highest BCUT2D eigenvalue weighted by atomic mass is 16.3. The lowest BCUT2D eigenvalue weighted by Gasteiger charge is -2.28. The van der Waals surface area contributed by atoms with Gasteiger partial charge in [-0.05, 0) is 31.4 Å². The molecule has 2 amide bonds. The van der Waals surface area contributed by atoms with Crippen LogP contribution in [-0.4, -0.2) is 33.1 Å². The van der Waals surface area contributed by atoms with Crippen LogP contribution in [0.2, 0.25) is 0 Å². The Hall–Kier alpha value is -2.34. The molecule has 0 unspecified atom stereocenters. The van der Waals surface area contributed by atoms with Crippen LogP contribution in [0.15, 0.2) is 36.5 Å². The van der Waals surface area contributed by atoms with E-state index in [4.69, 9.17) is 0 Å². The second-order valence-electron chi connectivity index (χ2n) is 5.97. The molecule has 1 aromatic heterocycles. The molecule has 0 saturated heterocycles. The molecule has 2 atom stereocenters. The largest absolute Gasteiger partial charge is 0.391 e. The molecule has 3 rings (SSSR count). The maximum absolute atomic E-state index is 12.2.